The van der Waals surface area contributed by atoms with Crippen LogP contribution >= 0.6 is 11.3 Å². The predicted molar refractivity (Wildman–Crippen MR) is 117 cm³/mol. The van der Waals surface area contributed by atoms with Crippen molar-refractivity contribution in [3.05, 3.63) is 65.8 Å². The smallest absolute Gasteiger partial charge is 0.359 e. The normalized spacial score (nSPS) is 10.6. The largest absolute Gasteiger partial charge is 0.494 e. The number of benzene rings is 2. The minimum atomic E-state index is -0.720. The maximum atomic E-state index is 12.2. The van der Waals surface area contributed by atoms with Gasteiger partial charge in [-0.05, 0) is 43.3 Å². The van der Waals surface area contributed by atoms with Gasteiger partial charge in [-0.1, -0.05) is 12.1 Å². The van der Waals surface area contributed by atoms with E-state index in [0.717, 1.165) is 17.0 Å². The number of para-hydroxylation sites is 2. The predicted octanol–water partition coefficient (Wildman–Crippen LogP) is 3.95. The van der Waals surface area contributed by atoms with Gasteiger partial charge in [-0.25, -0.2) is 14.8 Å². The van der Waals surface area contributed by atoms with Crippen molar-refractivity contribution in [3.63, 3.8) is 0 Å². The maximum Gasteiger partial charge on any atom is 0.359 e. The fourth-order valence-electron chi connectivity index (χ4n) is 2.77. The van der Waals surface area contributed by atoms with Gasteiger partial charge in [0.25, 0.3) is 5.91 Å². The molecule has 0 unspecified atom stereocenters. The number of fused-ring (bicyclic) bond motifs is 1. The highest BCUT2D eigenvalue weighted by Crippen LogP contribution is 2.26. The molecule has 0 aliphatic heterocycles. The van der Waals surface area contributed by atoms with Crippen molar-refractivity contribution in [2.75, 3.05) is 18.5 Å². The molecule has 1 amide bonds. The van der Waals surface area contributed by atoms with Gasteiger partial charge in [0.1, 0.15) is 5.75 Å². The van der Waals surface area contributed by atoms with Crippen LogP contribution in [-0.2, 0) is 9.53 Å². The van der Waals surface area contributed by atoms with Crippen LogP contribution in [0.2, 0.25) is 0 Å². The van der Waals surface area contributed by atoms with Crippen molar-refractivity contribution in [2.24, 2.45) is 0 Å². The van der Waals surface area contributed by atoms with Crippen molar-refractivity contribution in [2.45, 2.75) is 6.92 Å². The summed E-state index contributed by atoms with van der Waals surface area (Å²) in [6.45, 7) is 2.07. The van der Waals surface area contributed by atoms with Crippen LogP contribution < -0.4 is 10.1 Å². The van der Waals surface area contributed by atoms with Gasteiger partial charge in [0, 0.05) is 10.9 Å². The van der Waals surface area contributed by atoms with Crippen LogP contribution in [0.1, 0.15) is 17.4 Å². The average Bonchev–Trinajstić information content (AvgIpc) is 3.26. The van der Waals surface area contributed by atoms with Crippen LogP contribution in [-0.4, -0.2) is 40.0 Å². The zero-order valence-corrected chi connectivity index (χ0v) is 17.4. The molecule has 1 N–H and O–H groups in total. The highest BCUT2D eigenvalue weighted by Gasteiger charge is 2.14. The lowest BCUT2D eigenvalue weighted by Gasteiger charge is -2.05. The molecule has 8 nitrogen and oxygen atoms in total. The number of carbonyl (C=O) groups excluding carboxylic acids is 2. The summed E-state index contributed by atoms with van der Waals surface area (Å²) in [7, 11) is 0. The lowest BCUT2D eigenvalue weighted by atomic mass is 10.2. The van der Waals surface area contributed by atoms with E-state index >= 15 is 0 Å². The third kappa shape index (κ3) is 5.01. The van der Waals surface area contributed by atoms with E-state index in [2.05, 4.69) is 20.3 Å². The third-order valence-corrected chi connectivity index (χ3v) is 4.96. The maximum absolute atomic E-state index is 12.2. The Morgan fingerprint density at radius 2 is 1.81 bits per heavy atom. The minimum absolute atomic E-state index is 0.0403. The van der Waals surface area contributed by atoms with Gasteiger partial charge in [0.05, 0.1) is 29.5 Å². The molecule has 2 aromatic heterocycles. The molecule has 2 heterocycles. The number of thiazole rings is 1. The Morgan fingerprint density at radius 1 is 1.03 bits per heavy atom. The molecule has 0 radical (unpaired) electrons. The molecular formula is C22H18N4O4S. The molecular weight excluding hydrogens is 416 g/mol. The van der Waals surface area contributed by atoms with Crippen LogP contribution in [0.4, 0.5) is 5.13 Å². The van der Waals surface area contributed by atoms with Gasteiger partial charge in [0.2, 0.25) is 0 Å². The standard InChI is InChI=1S/C22H18N4O4S/c1-2-29-15-9-7-14(8-10-15)19-13-31-22(25-19)26-20(27)12-30-21(28)18-11-23-16-5-3-4-6-17(16)24-18/h3-11,13H,2,12H2,1H3,(H,25,26,27). The fraction of sp³-hybridized carbons (Fsp3) is 0.136. The second kappa shape index (κ2) is 9.31. The average molecular weight is 434 g/mol. The molecule has 0 bridgehead atoms. The SMILES string of the molecule is CCOc1ccc(-c2csc(NC(=O)COC(=O)c3cnc4ccccc4n3)n2)cc1. The van der Waals surface area contributed by atoms with Crippen molar-refractivity contribution < 1.29 is 19.1 Å². The zero-order valence-electron chi connectivity index (χ0n) is 16.6. The van der Waals surface area contributed by atoms with E-state index in [1.807, 2.05) is 42.6 Å². The van der Waals surface area contributed by atoms with Gasteiger partial charge in [-0.3, -0.25) is 15.1 Å². The summed E-state index contributed by atoms with van der Waals surface area (Å²) in [5, 5.41) is 4.88. The third-order valence-electron chi connectivity index (χ3n) is 4.20. The summed E-state index contributed by atoms with van der Waals surface area (Å²) < 4.78 is 10.5. The summed E-state index contributed by atoms with van der Waals surface area (Å²) in [4.78, 5) is 37.1. The first-order valence-electron chi connectivity index (χ1n) is 9.50. The summed E-state index contributed by atoms with van der Waals surface area (Å²) >= 11 is 1.28. The van der Waals surface area contributed by atoms with E-state index < -0.39 is 18.5 Å². The number of hydrogen-bond donors (Lipinski definition) is 1. The Morgan fingerprint density at radius 3 is 2.58 bits per heavy atom. The first-order chi connectivity index (χ1) is 15.1. The number of rotatable bonds is 7. The molecule has 4 rings (SSSR count). The van der Waals surface area contributed by atoms with Crippen LogP contribution in [0.5, 0.6) is 5.75 Å². The molecule has 2 aromatic carbocycles. The van der Waals surface area contributed by atoms with Crippen molar-refractivity contribution in [1.82, 2.24) is 15.0 Å². The lowest BCUT2D eigenvalue weighted by Crippen LogP contribution is -2.21. The second-order valence-corrected chi connectivity index (χ2v) is 7.22. The molecule has 0 aliphatic carbocycles. The van der Waals surface area contributed by atoms with Gasteiger partial charge in [0.15, 0.2) is 17.4 Å². The van der Waals surface area contributed by atoms with Gasteiger partial charge < -0.3 is 9.47 Å². The van der Waals surface area contributed by atoms with E-state index in [1.54, 1.807) is 18.2 Å². The lowest BCUT2D eigenvalue weighted by molar-refractivity contribution is -0.119. The number of hydrogen-bond acceptors (Lipinski definition) is 8. The van der Waals surface area contributed by atoms with Crippen LogP contribution in [0.25, 0.3) is 22.3 Å². The Hall–Kier alpha value is -3.85. The van der Waals surface area contributed by atoms with Crippen molar-refractivity contribution >= 4 is 39.4 Å². The van der Waals surface area contributed by atoms with Crippen LogP contribution in [0.3, 0.4) is 0 Å². The van der Waals surface area contributed by atoms with Crippen LogP contribution in [0, 0.1) is 0 Å². The molecule has 0 saturated heterocycles. The number of carbonyl (C=O) groups is 2. The number of ether oxygens (including phenoxy) is 2. The number of amides is 1. The molecule has 0 fully saturated rings. The Kier molecular flexibility index (Phi) is 6.13. The fourth-order valence-corrected chi connectivity index (χ4v) is 3.50. The van der Waals surface area contributed by atoms with E-state index in [9.17, 15) is 9.59 Å². The first-order valence-corrected chi connectivity index (χ1v) is 10.4. The Labute approximate surface area is 181 Å². The van der Waals surface area contributed by atoms with E-state index in [0.29, 0.717) is 22.8 Å². The Bertz CT molecular complexity index is 1220. The minimum Gasteiger partial charge on any atom is -0.494 e. The molecule has 0 aliphatic rings. The Balaban J connectivity index is 1.33. The molecule has 0 atom stereocenters. The molecule has 0 saturated carbocycles. The highest BCUT2D eigenvalue weighted by atomic mass is 32.1. The summed E-state index contributed by atoms with van der Waals surface area (Å²) in [6, 6.07) is 14.7. The van der Waals surface area contributed by atoms with E-state index in [1.165, 1.54) is 17.5 Å². The van der Waals surface area contributed by atoms with Gasteiger partial charge in [-0.2, -0.15) is 0 Å². The van der Waals surface area contributed by atoms with E-state index in [-0.39, 0.29) is 5.69 Å². The first kappa shape index (κ1) is 20.4. The molecule has 9 heteroatoms. The molecule has 156 valence electrons. The number of nitrogens with zero attached hydrogens (tertiary/aromatic N) is 3. The van der Waals surface area contributed by atoms with Crippen molar-refractivity contribution in [1.29, 1.82) is 0 Å². The molecule has 4 aromatic rings. The highest BCUT2D eigenvalue weighted by molar-refractivity contribution is 7.14. The number of esters is 1. The molecule has 31 heavy (non-hydrogen) atoms. The summed E-state index contributed by atoms with van der Waals surface area (Å²) in [6.07, 6.45) is 1.33. The van der Waals surface area contributed by atoms with Gasteiger partial charge in [-0.15, -0.1) is 11.3 Å². The number of anilines is 1. The van der Waals surface area contributed by atoms with Crippen molar-refractivity contribution in [3.8, 4) is 17.0 Å². The number of aromatic nitrogens is 3. The van der Waals surface area contributed by atoms with E-state index in [4.69, 9.17) is 9.47 Å². The topological polar surface area (TPSA) is 103 Å². The van der Waals surface area contributed by atoms with Gasteiger partial charge >= 0.3 is 5.97 Å². The van der Waals surface area contributed by atoms with Crippen LogP contribution in [0.15, 0.2) is 60.1 Å². The quantitative estimate of drug-likeness (QED) is 0.439. The molecule has 0 spiro atoms. The number of nitrogens with one attached hydrogen (secondary N) is 1. The summed E-state index contributed by atoms with van der Waals surface area (Å²) in [5.41, 5.74) is 2.92. The zero-order chi connectivity index (χ0) is 21.6. The second-order valence-electron chi connectivity index (χ2n) is 6.36. The summed E-state index contributed by atoms with van der Waals surface area (Å²) in [5.74, 6) is -0.426. The monoisotopic (exact) mass is 434 g/mol.